The summed E-state index contributed by atoms with van der Waals surface area (Å²) in [5, 5.41) is 19.6. The van der Waals surface area contributed by atoms with E-state index in [9.17, 15) is 5.11 Å². The van der Waals surface area contributed by atoms with Gasteiger partial charge in [0, 0.05) is 13.2 Å². The van der Waals surface area contributed by atoms with Crippen LogP contribution in [0.3, 0.4) is 0 Å². The molecule has 3 fully saturated rings. The molecule has 3 saturated heterocycles. The van der Waals surface area contributed by atoms with Crippen molar-refractivity contribution in [3.63, 3.8) is 0 Å². The van der Waals surface area contributed by atoms with Gasteiger partial charge in [-0.2, -0.15) is 0 Å². The summed E-state index contributed by atoms with van der Waals surface area (Å²) in [5.41, 5.74) is 0.518. The molecule has 0 radical (unpaired) electrons. The summed E-state index contributed by atoms with van der Waals surface area (Å²) in [6.45, 7) is 3.58. The Morgan fingerprint density at radius 1 is 1.18 bits per heavy atom. The highest BCUT2D eigenvalue weighted by atomic mass is 35.5. The molecule has 3 aliphatic rings. The highest BCUT2D eigenvalue weighted by Gasteiger charge is 2.45. The van der Waals surface area contributed by atoms with Gasteiger partial charge in [0.2, 0.25) is 0 Å². The SMILES string of the molecule is Cl.OCCCc1ccc(OCC2(O)CN3CCC2CC3)cc1. The van der Waals surface area contributed by atoms with E-state index in [1.54, 1.807) is 0 Å². The van der Waals surface area contributed by atoms with E-state index in [1.807, 2.05) is 24.3 Å². The third kappa shape index (κ3) is 3.93. The Labute approximate surface area is 138 Å². The van der Waals surface area contributed by atoms with Gasteiger partial charge in [0.05, 0.1) is 0 Å². The molecular weight excluding hydrogens is 302 g/mol. The molecule has 4 rings (SSSR count). The maximum absolute atomic E-state index is 10.8. The number of hydrogen-bond donors (Lipinski definition) is 2. The molecule has 0 aliphatic carbocycles. The number of aliphatic hydroxyl groups is 2. The van der Waals surface area contributed by atoms with Gasteiger partial charge < -0.3 is 19.8 Å². The Kier molecular flexibility index (Phi) is 6.09. The van der Waals surface area contributed by atoms with Gasteiger partial charge in [0.15, 0.2) is 0 Å². The van der Waals surface area contributed by atoms with Crippen molar-refractivity contribution in [2.75, 3.05) is 32.8 Å². The molecule has 2 bridgehead atoms. The first-order valence-corrected chi connectivity index (χ1v) is 7.97. The molecule has 4 nitrogen and oxygen atoms in total. The predicted octanol–water partition coefficient (Wildman–Crippen LogP) is 1.87. The molecule has 0 aromatic heterocycles. The van der Waals surface area contributed by atoms with Crippen LogP contribution in [-0.4, -0.2) is 53.6 Å². The summed E-state index contributed by atoms with van der Waals surface area (Å²) in [6, 6.07) is 7.98. The van der Waals surface area contributed by atoms with Gasteiger partial charge in [0.25, 0.3) is 0 Å². The van der Waals surface area contributed by atoms with E-state index >= 15 is 0 Å². The van der Waals surface area contributed by atoms with E-state index in [-0.39, 0.29) is 19.0 Å². The Morgan fingerprint density at radius 3 is 2.41 bits per heavy atom. The number of rotatable bonds is 6. The van der Waals surface area contributed by atoms with Crippen molar-refractivity contribution in [2.24, 2.45) is 5.92 Å². The number of nitrogens with zero attached hydrogens (tertiary/aromatic N) is 1. The van der Waals surface area contributed by atoms with Gasteiger partial charge in [-0.25, -0.2) is 0 Å². The van der Waals surface area contributed by atoms with Crippen LogP contribution >= 0.6 is 12.4 Å². The number of aryl methyl sites for hydroxylation is 1. The van der Waals surface area contributed by atoms with Crippen molar-refractivity contribution in [3.05, 3.63) is 29.8 Å². The van der Waals surface area contributed by atoms with Crippen LogP contribution in [-0.2, 0) is 6.42 Å². The first kappa shape index (κ1) is 17.5. The monoisotopic (exact) mass is 327 g/mol. The quantitative estimate of drug-likeness (QED) is 0.837. The number of benzene rings is 1. The van der Waals surface area contributed by atoms with Crippen molar-refractivity contribution < 1.29 is 14.9 Å². The Morgan fingerprint density at radius 2 is 1.86 bits per heavy atom. The normalized spacial score (nSPS) is 29.9. The van der Waals surface area contributed by atoms with Gasteiger partial charge in [-0.05, 0) is 62.4 Å². The van der Waals surface area contributed by atoms with Crippen molar-refractivity contribution in [1.29, 1.82) is 0 Å². The van der Waals surface area contributed by atoms with E-state index in [2.05, 4.69) is 4.90 Å². The van der Waals surface area contributed by atoms with Crippen LogP contribution in [0.15, 0.2) is 24.3 Å². The lowest BCUT2D eigenvalue weighted by molar-refractivity contribution is -0.131. The van der Waals surface area contributed by atoms with Crippen LogP contribution in [0, 0.1) is 5.92 Å². The number of fused-ring (bicyclic) bond motifs is 3. The molecule has 1 aromatic carbocycles. The molecule has 3 aliphatic heterocycles. The molecule has 3 heterocycles. The number of halogens is 1. The highest BCUT2D eigenvalue weighted by Crippen LogP contribution is 2.36. The fraction of sp³-hybridized carbons (Fsp3) is 0.647. The molecule has 0 amide bonds. The van der Waals surface area contributed by atoms with Crippen molar-refractivity contribution in [3.8, 4) is 5.75 Å². The Balaban J connectivity index is 0.00000176. The van der Waals surface area contributed by atoms with Crippen LogP contribution in [0.5, 0.6) is 5.75 Å². The molecule has 1 aromatic rings. The molecule has 5 heteroatoms. The fourth-order valence-corrected chi connectivity index (χ4v) is 3.55. The number of ether oxygens (including phenoxy) is 1. The maximum atomic E-state index is 10.8. The lowest BCUT2D eigenvalue weighted by atomic mass is 9.76. The minimum atomic E-state index is -0.688. The van der Waals surface area contributed by atoms with Gasteiger partial charge in [0.1, 0.15) is 18.0 Å². The van der Waals surface area contributed by atoms with Crippen LogP contribution in [0.4, 0.5) is 0 Å². The zero-order chi connectivity index (χ0) is 14.7. The minimum absolute atomic E-state index is 0. The molecule has 0 spiro atoms. The Bertz CT molecular complexity index is 459. The van der Waals surface area contributed by atoms with Crippen LogP contribution in [0.2, 0.25) is 0 Å². The van der Waals surface area contributed by atoms with E-state index in [0.29, 0.717) is 12.5 Å². The number of piperidine rings is 3. The summed E-state index contributed by atoms with van der Waals surface area (Å²) in [4.78, 5) is 2.33. The summed E-state index contributed by atoms with van der Waals surface area (Å²) in [7, 11) is 0. The molecule has 1 unspecified atom stereocenters. The van der Waals surface area contributed by atoms with Gasteiger partial charge in [-0.1, -0.05) is 12.1 Å². The molecule has 2 N–H and O–H groups in total. The lowest BCUT2D eigenvalue weighted by Gasteiger charge is -2.50. The molecule has 1 atom stereocenters. The summed E-state index contributed by atoms with van der Waals surface area (Å²) in [6.07, 6.45) is 3.84. The zero-order valence-electron chi connectivity index (χ0n) is 12.9. The first-order valence-electron chi connectivity index (χ1n) is 7.97. The maximum Gasteiger partial charge on any atom is 0.119 e. The van der Waals surface area contributed by atoms with E-state index in [4.69, 9.17) is 9.84 Å². The van der Waals surface area contributed by atoms with Crippen LogP contribution in [0.25, 0.3) is 0 Å². The van der Waals surface area contributed by atoms with Gasteiger partial charge in [-0.3, -0.25) is 0 Å². The molecular formula is C17H26ClNO3. The zero-order valence-corrected chi connectivity index (χ0v) is 13.7. The molecule has 0 saturated carbocycles. The predicted molar refractivity (Wildman–Crippen MR) is 88.7 cm³/mol. The van der Waals surface area contributed by atoms with Gasteiger partial charge >= 0.3 is 0 Å². The van der Waals surface area contributed by atoms with Crippen molar-refractivity contribution in [1.82, 2.24) is 4.90 Å². The third-order valence-corrected chi connectivity index (χ3v) is 4.88. The highest BCUT2D eigenvalue weighted by molar-refractivity contribution is 5.85. The second-order valence-electron chi connectivity index (χ2n) is 6.41. The number of aliphatic hydroxyl groups excluding tert-OH is 1. The third-order valence-electron chi connectivity index (χ3n) is 4.88. The topological polar surface area (TPSA) is 52.9 Å². The second-order valence-corrected chi connectivity index (χ2v) is 6.41. The number of hydrogen-bond acceptors (Lipinski definition) is 4. The van der Waals surface area contributed by atoms with E-state index in [1.165, 1.54) is 5.56 Å². The standard InChI is InChI=1S/C17H25NO3.ClH/c19-11-1-2-14-3-5-16(6-4-14)21-13-17(20)12-18-9-7-15(17)8-10-18;/h3-6,15,19-20H,1-2,7-13H2;1H. The van der Waals surface area contributed by atoms with Crippen molar-refractivity contribution in [2.45, 2.75) is 31.3 Å². The Hall–Kier alpha value is -0.810. The lowest BCUT2D eigenvalue weighted by Crippen LogP contribution is -2.61. The minimum Gasteiger partial charge on any atom is -0.491 e. The molecule has 124 valence electrons. The van der Waals surface area contributed by atoms with E-state index in [0.717, 1.165) is 51.1 Å². The van der Waals surface area contributed by atoms with E-state index < -0.39 is 5.60 Å². The summed E-state index contributed by atoms with van der Waals surface area (Å²) in [5.74, 6) is 1.19. The van der Waals surface area contributed by atoms with Crippen molar-refractivity contribution >= 4 is 12.4 Å². The van der Waals surface area contributed by atoms with Gasteiger partial charge in [-0.15, -0.1) is 12.4 Å². The summed E-state index contributed by atoms with van der Waals surface area (Å²) >= 11 is 0. The summed E-state index contributed by atoms with van der Waals surface area (Å²) < 4.78 is 5.83. The first-order chi connectivity index (χ1) is 10.2. The smallest absolute Gasteiger partial charge is 0.119 e. The molecule has 22 heavy (non-hydrogen) atoms. The second kappa shape index (κ2) is 7.64. The van der Waals surface area contributed by atoms with Crippen LogP contribution in [0.1, 0.15) is 24.8 Å². The largest absolute Gasteiger partial charge is 0.491 e. The van der Waals surface area contributed by atoms with Crippen LogP contribution < -0.4 is 4.74 Å². The fourth-order valence-electron chi connectivity index (χ4n) is 3.55. The average Bonchev–Trinajstić information content (AvgIpc) is 2.53. The average molecular weight is 328 g/mol.